The molecule has 1 aromatic rings. The van der Waals surface area contributed by atoms with Gasteiger partial charge in [0.1, 0.15) is 5.82 Å². The summed E-state index contributed by atoms with van der Waals surface area (Å²) < 4.78 is 13.1. The molecule has 6 bridgehead atoms. The number of aliphatic hydroxyl groups is 1. The van der Waals surface area contributed by atoms with Crippen LogP contribution >= 0.6 is 0 Å². The maximum atomic E-state index is 15.6. The SMILES string of the molecule is CCNC1CC2C=CCC3C4CCCC(C)(CC5=CNC(N)C=C5)Cc5cccc6c5C(=O)C5(OC5(CC(CO)=C(C)CCC5=CCNC(NCNC)=C5)C6=O)C(=O)OCC1C(CC4)C23. The Hall–Kier alpha value is -4.33. The summed E-state index contributed by atoms with van der Waals surface area (Å²) >= 11 is 0. The third-order valence-corrected chi connectivity index (χ3v) is 16.7. The summed E-state index contributed by atoms with van der Waals surface area (Å²) in [4.78, 5) is 46.1. The molecule has 5 heterocycles. The first-order valence-electron chi connectivity index (χ1n) is 24.6. The van der Waals surface area contributed by atoms with Crippen LogP contribution in [0.2, 0.25) is 0 Å². The Morgan fingerprint density at radius 3 is 2.71 bits per heavy atom. The minimum absolute atomic E-state index is 0.0665. The largest absolute Gasteiger partial charge is 0.463 e. The molecule has 0 radical (unpaired) electrons. The van der Waals surface area contributed by atoms with E-state index in [0.717, 1.165) is 86.0 Å². The first kappa shape index (κ1) is 45.8. The summed E-state index contributed by atoms with van der Waals surface area (Å²) in [6.07, 6.45) is 25.0. The second-order valence-corrected chi connectivity index (χ2v) is 20.8. The number of rotatable bonds is 13. The molecular formula is C53H72N6O6. The first-order valence-corrected chi connectivity index (χ1v) is 24.6. The molecule has 12 heteroatoms. The maximum Gasteiger partial charge on any atom is 0.350 e. The Labute approximate surface area is 385 Å². The van der Waals surface area contributed by atoms with Gasteiger partial charge in [0, 0.05) is 42.3 Å². The number of hydrogen-bond donors (Lipinski definition) is 7. The molecule has 1 spiro atoms. The van der Waals surface area contributed by atoms with Gasteiger partial charge in [0.2, 0.25) is 5.78 Å². The monoisotopic (exact) mass is 889 g/mol. The van der Waals surface area contributed by atoms with E-state index in [1.54, 1.807) is 6.07 Å². The normalized spacial score (nSPS) is 36.5. The highest BCUT2D eigenvalue weighted by Gasteiger charge is 2.86. The number of allylic oxidation sites excluding steroid dienone is 7. The van der Waals surface area contributed by atoms with Crippen LogP contribution in [0.4, 0.5) is 0 Å². The van der Waals surface area contributed by atoms with E-state index in [1.807, 2.05) is 38.4 Å². The number of Topliss-reactive ketones (excluding diaryl/α,β-unsaturated/α-hetero) is 2. The van der Waals surface area contributed by atoms with Crippen molar-refractivity contribution in [1.82, 2.24) is 26.6 Å². The van der Waals surface area contributed by atoms with Crippen molar-refractivity contribution in [2.45, 2.75) is 121 Å². The Kier molecular flexibility index (Phi) is 13.2. The Morgan fingerprint density at radius 2 is 1.92 bits per heavy atom. The molecule has 5 aliphatic heterocycles. The zero-order valence-corrected chi connectivity index (χ0v) is 39.0. The number of hydrogen-bond acceptors (Lipinski definition) is 12. The molecule has 11 atom stereocenters. The van der Waals surface area contributed by atoms with E-state index in [2.05, 4.69) is 70.8 Å². The molecular weight excluding hydrogens is 817 g/mol. The predicted molar refractivity (Wildman–Crippen MR) is 252 cm³/mol. The highest BCUT2D eigenvalue weighted by molar-refractivity contribution is 6.33. The lowest BCUT2D eigenvalue weighted by Gasteiger charge is -2.55. The second kappa shape index (κ2) is 18.7. The fourth-order valence-electron chi connectivity index (χ4n) is 13.5. The highest BCUT2D eigenvalue weighted by Crippen LogP contribution is 2.61. The van der Waals surface area contributed by atoms with Crippen LogP contribution in [0, 0.1) is 40.9 Å². The molecule has 4 aliphatic carbocycles. The molecule has 2 saturated carbocycles. The zero-order chi connectivity index (χ0) is 45.5. The van der Waals surface area contributed by atoms with E-state index in [1.165, 1.54) is 0 Å². The van der Waals surface area contributed by atoms with Gasteiger partial charge >= 0.3 is 5.97 Å². The van der Waals surface area contributed by atoms with Crippen molar-refractivity contribution in [3.63, 3.8) is 0 Å². The number of aliphatic hydroxyl groups excluding tert-OH is 1. The lowest BCUT2D eigenvalue weighted by Crippen LogP contribution is -2.56. The van der Waals surface area contributed by atoms with Crippen molar-refractivity contribution < 1.29 is 29.0 Å². The average molecular weight is 889 g/mol. The highest BCUT2D eigenvalue weighted by atomic mass is 16.7. The van der Waals surface area contributed by atoms with Gasteiger partial charge in [-0.3, -0.25) is 9.59 Å². The van der Waals surface area contributed by atoms with Gasteiger partial charge < -0.3 is 46.9 Å². The Bertz CT molecular complexity index is 2230. The van der Waals surface area contributed by atoms with E-state index in [4.69, 9.17) is 15.2 Å². The average Bonchev–Trinajstić information content (AvgIpc) is 4.01. The van der Waals surface area contributed by atoms with E-state index in [9.17, 15) is 5.11 Å². The van der Waals surface area contributed by atoms with Gasteiger partial charge in [-0.25, -0.2) is 4.79 Å². The summed E-state index contributed by atoms with van der Waals surface area (Å²) in [5.74, 6) is 1.89. The number of carbonyl (C=O) groups is 3. The van der Waals surface area contributed by atoms with Gasteiger partial charge in [-0.05, 0) is 148 Å². The number of ether oxygens (including phenoxy) is 2. The van der Waals surface area contributed by atoms with Gasteiger partial charge in [-0.1, -0.05) is 74.8 Å². The van der Waals surface area contributed by atoms with E-state index < -0.39 is 28.7 Å². The molecule has 350 valence electrons. The van der Waals surface area contributed by atoms with Gasteiger partial charge in [0.05, 0.1) is 26.0 Å². The van der Waals surface area contributed by atoms with Crippen LogP contribution in [-0.2, 0) is 20.7 Å². The van der Waals surface area contributed by atoms with Gasteiger partial charge in [-0.2, -0.15) is 0 Å². The van der Waals surface area contributed by atoms with Crippen LogP contribution in [0.25, 0.3) is 0 Å². The number of esters is 1. The number of nitrogens with two attached hydrogens (primary N) is 1. The van der Waals surface area contributed by atoms with Gasteiger partial charge in [-0.15, -0.1) is 0 Å². The topological polar surface area (TPSA) is 179 Å². The Morgan fingerprint density at radius 1 is 1.06 bits per heavy atom. The number of benzene rings is 1. The minimum Gasteiger partial charge on any atom is -0.463 e. The van der Waals surface area contributed by atoms with Gasteiger partial charge in [0.15, 0.2) is 11.4 Å². The smallest absolute Gasteiger partial charge is 0.350 e. The molecule has 12 nitrogen and oxygen atoms in total. The standard InChI is InChI=1S/C53H72N6O6/c1-5-56-43-24-36-9-6-12-39-35-11-8-21-51(3,25-34-16-19-44(54)58-28-34)26-37-10-7-13-41-47(37)49(62)53(50(63)64-30-42(43)40(18-17-35)46(36)39)52(65-53,48(41)61)27-38(29-60)32(2)14-15-33-20-22-57-45(23-33)59-31-55-4/h6-7,9-10,13,16,19-20,23,28,35-36,39-40,42-44,46,55-60H,5,8,11-12,14-15,17-18,21-22,24-27,29-31,54H2,1-4H3. The van der Waals surface area contributed by atoms with Crippen LogP contribution in [0.3, 0.4) is 0 Å². The summed E-state index contributed by atoms with van der Waals surface area (Å²) in [6.45, 7) is 8.36. The summed E-state index contributed by atoms with van der Waals surface area (Å²) in [6, 6.07) is 5.69. The summed E-state index contributed by atoms with van der Waals surface area (Å²) in [5, 5.41) is 27.8. The number of fused-ring (bicyclic) bond motifs is 7. The number of epoxide rings is 1. The molecule has 10 rings (SSSR count). The third-order valence-electron chi connectivity index (χ3n) is 16.7. The number of ketones is 2. The van der Waals surface area contributed by atoms with Crippen LogP contribution in [0.5, 0.6) is 0 Å². The molecule has 8 N–H and O–H groups in total. The van der Waals surface area contributed by atoms with E-state index in [-0.39, 0.29) is 54.3 Å². The molecule has 0 aromatic heterocycles. The van der Waals surface area contributed by atoms with Crippen molar-refractivity contribution >= 4 is 17.5 Å². The first-order chi connectivity index (χ1) is 31.4. The molecule has 3 fully saturated rings. The van der Waals surface area contributed by atoms with Crippen LogP contribution in [0.1, 0.15) is 118 Å². The molecule has 65 heavy (non-hydrogen) atoms. The molecule has 11 unspecified atom stereocenters. The quantitative estimate of drug-likeness (QED) is 0.0404. The van der Waals surface area contributed by atoms with Crippen molar-refractivity contribution in [1.29, 1.82) is 0 Å². The fraction of sp³-hybridized carbons (Fsp3) is 0.604. The van der Waals surface area contributed by atoms with E-state index >= 15 is 14.4 Å². The molecule has 9 aliphatic rings. The summed E-state index contributed by atoms with van der Waals surface area (Å²) in [5.41, 5.74) is 6.98. The lowest BCUT2D eigenvalue weighted by atomic mass is 9.51. The number of carbonyl (C=O) groups excluding carboxylic acids is 3. The Balaban J connectivity index is 1.09. The zero-order valence-electron chi connectivity index (χ0n) is 39.0. The van der Waals surface area contributed by atoms with Crippen LogP contribution in [-0.4, -0.2) is 86.1 Å². The van der Waals surface area contributed by atoms with E-state index in [0.29, 0.717) is 67.6 Å². The second-order valence-electron chi connectivity index (χ2n) is 20.8. The van der Waals surface area contributed by atoms with Crippen molar-refractivity contribution in [3.05, 3.63) is 106 Å². The maximum absolute atomic E-state index is 15.6. The summed E-state index contributed by atoms with van der Waals surface area (Å²) in [7, 11) is 1.89. The van der Waals surface area contributed by atoms with Crippen LogP contribution in [0.15, 0.2) is 89.0 Å². The molecule has 1 aromatic carbocycles. The molecule has 1 saturated heterocycles. The lowest BCUT2D eigenvalue weighted by molar-refractivity contribution is -0.153. The number of dihydropyridines is 2. The van der Waals surface area contributed by atoms with Crippen LogP contribution < -0.4 is 32.3 Å². The molecule has 0 amide bonds. The third kappa shape index (κ3) is 8.51. The van der Waals surface area contributed by atoms with Gasteiger partial charge in [0.25, 0.3) is 5.60 Å². The van der Waals surface area contributed by atoms with Crippen molar-refractivity contribution in [3.8, 4) is 0 Å². The number of nitrogens with one attached hydrogen (secondary N) is 5. The predicted octanol–water partition coefficient (Wildman–Crippen LogP) is 6.02. The van der Waals surface area contributed by atoms with Crippen molar-refractivity contribution in [2.24, 2.45) is 46.7 Å². The van der Waals surface area contributed by atoms with Crippen molar-refractivity contribution in [2.75, 3.05) is 40.0 Å². The fourth-order valence-corrected chi connectivity index (χ4v) is 13.5. The minimum atomic E-state index is -2.15.